The molecule has 8 heteroatoms. The van der Waals surface area contributed by atoms with Gasteiger partial charge in [0.15, 0.2) is 0 Å². The predicted molar refractivity (Wildman–Crippen MR) is 99.5 cm³/mol. The van der Waals surface area contributed by atoms with Crippen LogP contribution < -0.4 is 16.5 Å². The second-order valence-corrected chi connectivity index (χ2v) is 6.66. The van der Waals surface area contributed by atoms with E-state index in [-0.39, 0.29) is 6.29 Å². The van der Waals surface area contributed by atoms with Crippen molar-refractivity contribution in [2.45, 2.75) is 12.8 Å². The number of nitrogens with zero attached hydrogens (tertiary/aromatic N) is 3. The fraction of sp³-hybridized carbons (Fsp3) is 0.235. The molecule has 3 rings (SSSR count). The van der Waals surface area contributed by atoms with Crippen LogP contribution in [-0.4, -0.2) is 29.5 Å². The van der Waals surface area contributed by atoms with Crippen LogP contribution in [0.3, 0.4) is 0 Å². The zero-order chi connectivity index (χ0) is 17.8. The van der Waals surface area contributed by atoms with Gasteiger partial charge < -0.3 is 5.32 Å². The van der Waals surface area contributed by atoms with E-state index in [9.17, 15) is 0 Å². The van der Waals surface area contributed by atoms with Gasteiger partial charge in [-0.25, -0.2) is 0 Å². The van der Waals surface area contributed by atoms with E-state index in [1.807, 2.05) is 24.3 Å². The van der Waals surface area contributed by atoms with Crippen LogP contribution in [0.5, 0.6) is 0 Å². The highest BCUT2D eigenvalue weighted by Crippen LogP contribution is 2.22. The van der Waals surface area contributed by atoms with E-state index >= 15 is 0 Å². The molecule has 4 N–H and O–H groups in total. The molecule has 6 nitrogen and oxygen atoms in total. The molecule has 130 valence electrons. The Morgan fingerprint density at radius 3 is 2.64 bits per heavy atom. The molecule has 1 aliphatic heterocycles. The smallest absolute Gasteiger partial charge is 0.149 e. The van der Waals surface area contributed by atoms with Gasteiger partial charge in [-0.1, -0.05) is 29.3 Å². The Labute approximate surface area is 156 Å². The molecule has 1 unspecified atom stereocenters. The third kappa shape index (κ3) is 4.61. The SMILES string of the molecule is N#Cc1ccc(NC2NCN(Cc3ccc(Cl)cc3Cl)CN2N)cc1. The van der Waals surface area contributed by atoms with Gasteiger partial charge in [0.2, 0.25) is 0 Å². The molecule has 0 aromatic heterocycles. The fourth-order valence-corrected chi connectivity index (χ4v) is 3.09. The molecule has 1 atom stereocenters. The van der Waals surface area contributed by atoms with Gasteiger partial charge in [-0.2, -0.15) is 10.3 Å². The maximum atomic E-state index is 8.84. The number of hydrazine groups is 1. The van der Waals surface area contributed by atoms with Crippen molar-refractivity contribution >= 4 is 28.9 Å². The van der Waals surface area contributed by atoms with Gasteiger partial charge in [0.25, 0.3) is 0 Å². The Kier molecular flexibility index (Phi) is 5.76. The van der Waals surface area contributed by atoms with Crippen molar-refractivity contribution < 1.29 is 0 Å². The zero-order valence-electron chi connectivity index (χ0n) is 13.4. The van der Waals surface area contributed by atoms with E-state index < -0.39 is 0 Å². The normalized spacial score (nSPS) is 18.7. The summed E-state index contributed by atoms with van der Waals surface area (Å²) in [5.74, 6) is 6.15. The van der Waals surface area contributed by atoms with Crippen molar-refractivity contribution in [3.8, 4) is 6.07 Å². The Bertz CT molecular complexity index is 774. The lowest BCUT2D eigenvalue weighted by Crippen LogP contribution is -2.64. The van der Waals surface area contributed by atoms with E-state index in [0.717, 1.165) is 11.3 Å². The third-order valence-corrected chi connectivity index (χ3v) is 4.52. The maximum Gasteiger partial charge on any atom is 0.149 e. The fourth-order valence-electron chi connectivity index (χ4n) is 2.62. The molecule has 0 amide bonds. The molecule has 0 spiro atoms. The number of halogens is 2. The topological polar surface area (TPSA) is 80.4 Å². The number of nitriles is 1. The van der Waals surface area contributed by atoms with Gasteiger partial charge in [-0.05, 0) is 42.0 Å². The summed E-state index contributed by atoms with van der Waals surface area (Å²) in [6.45, 7) is 1.89. The number of nitrogens with one attached hydrogen (secondary N) is 2. The summed E-state index contributed by atoms with van der Waals surface area (Å²) >= 11 is 12.2. The molecule has 0 aliphatic carbocycles. The number of hydrogen-bond donors (Lipinski definition) is 3. The molecule has 2 aromatic carbocycles. The van der Waals surface area contributed by atoms with Crippen LogP contribution in [0, 0.1) is 11.3 Å². The number of hydrogen-bond acceptors (Lipinski definition) is 6. The predicted octanol–water partition coefficient (Wildman–Crippen LogP) is 2.76. The average Bonchev–Trinajstić information content (AvgIpc) is 2.60. The number of rotatable bonds is 4. The second kappa shape index (κ2) is 8.02. The average molecular weight is 377 g/mol. The van der Waals surface area contributed by atoms with Gasteiger partial charge >= 0.3 is 0 Å². The maximum absolute atomic E-state index is 8.84. The zero-order valence-corrected chi connectivity index (χ0v) is 14.9. The number of benzene rings is 2. The minimum absolute atomic E-state index is 0.204. The number of anilines is 1. The van der Waals surface area contributed by atoms with Gasteiger partial charge in [0, 0.05) is 22.3 Å². The van der Waals surface area contributed by atoms with Crippen molar-refractivity contribution in [3.63, 3.8) is 0 Å². The molecule has 1 heterocycles. The third-order valence-electron chi connectivity index (χ3n) is 3.93. The molecule has 0 bridgehead atoms. The molecule has 25 heavy (non-hydrogen) atoms. The minimum atomic E-state index is -0.204. The highest BCUT2D eigenvalue weighted by molar-refractivity contribution is 6.35. The van der Waals surface area contributed by atoms with Crippen LogP contribution in [0.1, 0.15) is 11.1 Å². The summed E-state index contributed by atoms with van der Waals surface area (Å²) in [4.78, 5) is 2.13. The van der Waals surface area contributed by atoms with E-state index in [1.54, 1.807) is 23.2 Å². The van der Waals surface area contributed by atoms with Crippen molar-refractivity contribution in [1.29, 1.82) is 5.26 Å². The molecule has 0 radical (unpaired) electrons. The lowest BCUT2D eigenvalue weighted by molar-refractivity contribution is 0.0219. The summed E-state index contributed by atoms with van der Waals surface area (Å²) < 4.78 is 0. The summed E-state index contributed by atoms with van der Waals surface area (Å²) in [5, 5.41) is 18.4. The first kappa shape index (κ1) is 18.0. The van der Waals surface area contributed by atoms with Crippen molar-refractivity contribution in [3.05, 3.63) is 63.6 Å². The van der Waals surface area contributed by atoms with Crippen molar-refractivity contribution in [2.24, 2.45) is 5.84 Å². The molecular weight excluding hydrogens is 359 g/mol. The number of nitrogens with two attached hydrogens (primary N) is 1. The second-order valence-electron chi connectivity index (χ2n) is 5.82. The van der Waals surface area contributed by atoms with Crippen LogP contribution in [0.25, 0.3) is 0 Å². The molecule has 0 saturated carbocycles. The summed E-state index contributed by atoms with van der Waals surface area (Å²) in [6, 6.07) is 14.8. The lowest BCUT2D eigenvalue weighted by atomic mass is 10.2. The summed E-state index contributed by atoms with van der Waals surface area (Å²) in [6.07, 6.45) is -0.204. The van der Waals surface area contributed by atoms with Crippen molar-refractivity contribution in [1.82, 2.24) is 15.2 Å². The van der Waals surface area contributed by atoms with Crippen LogP contribution in [-0.2, 0) is 6.54 Å². The monoisotopic (exact) mass is 376 g/mol. The highest BCUT2D eigenvalue weighted by atomic mass is 35.5. The van der Waals surface area contributed by atoms with Crippen molar-refractivity contribution in [2.75, 3.05) is 18.7 Å². The van der Waals surface area contributed by atoms with Crippen LogP contribution in [0.2, 0.25) is 10.0 Å². The van der Waals surface area contributed by atoms with Gasteiger partial charge in [0.05, 0.1) is 25.0 Å². The molecule has 1 fully saturated rings. The summed E-state index contributed by atoms with van der Waals surface area (Å²) in [7, 11) is 0. The Balaban J connectivity index is 1.57. The van der Waals surface area contributed by atoms with E-state index in [4.69, 9.17) is 34.3 Å². The first-order valence-electron chi connectivity index (χ1n) is 7.73. The first-order valence-corrected chi connectivity index (χ1v) is 8.48. The van der Waals surface area contributed by atoms with E-state index in [0.29, 0.717) is 35.5 Å². The Hall–Kier alpha value is -1.85. The Morgan fingerprint density at radius 2 is 2.00 bits per heavy atom. The Morgan fingerprint density at radius 1 is 1.24 bits per heavy atom. The first-order chi connectivity index (χ1) is 12.0. The molecule has 2 aromatic rings. The molecule has 1 aliphatic rings. The molecular formula is C17H18Cl2N6. The summed E-state index contributed by atoms with van der Waals surface area (Å²) in [5.41, 5.74) is 2.51. The van der Waals surface area contributed by atoms with E-state index in [2.05, 4.69) is 21.6 Å². The van der Waals surface area contributed by atoms with Crippen LogP contribution >= 0.6 is 23.2 Å². The molecule has 1 saturated heterocycles. The van der Waals surface area contributed by atoms with Gasteiger partial charge in [0.1, 0.15) is 6.29 Å². The lowest BCUT2D eigenvalue weighted by Gasteiger charge is -2.40. The standard InChI is InChI=1S/C17H18Cl2N6/c18-14-4-3-13(16(19)7-14)9-24-10-22-17(25(21)11-24)23-15-5-1-12(8-20)2-6-15/h1-7,17,22-23H,9-11,21H2. The van der Waals surface area contributed by atoms with Gasteiger partial charge in [-0.15, -0.1) is 0 Å². The quantitative estimate of drug-likeness (QED) is 0.711. The minimum Gasteiger partial charge on any atom is -0.356 e. The van der Waals surface area contributed by atoms with Crippen LogP contribution in [0.15, 0.2) is 42.5 Å². The van der Waals surface area contributed by atoms with Gasteiger partial charge in [-0.3, -0.25) is 16.1 Å². The van der Waals surface area contributed by atoms with Crippen LogP contribution in [0.4, 0.5) is 5.69 Å². The van der Waals surface area contributed by atoms with E-state index in [1.165, 1.54) is 0 Å². The highest BCUT2D eigenvalue weighted by Gasteiger charge is 2.24. The largest absolute Gasteiger partial charge is 0.356 e.